The summed E-state index contributed by atoms with van der Waals surface area (Å²) < 4.78 is 5.26. The molecule has 35 heavy (non-hydrogen) atoms. The smallest absolute Gasteiger partial charge is 0.224 e. The van der Waals surface area contributed by atoms with E-state index in [0.717, 1.165) is 94.4 Å². The predicted octanol–water partition coefficient (Wildman–Crippen LogP) is 3.12. The van der Waals surface area contributed by atoms with Gasteiger partial charge in [-0.2, -0.15) is 0 Å². The van der Waals surface area contributed by atoms with Crippen LogP contribution in [-0.2, 0) is 4.79 Å². The molecule has 1 amide bonds. The lowest BCUT2D eigenvalue weighted by Crippen LogP contribution is -2.47. The van der Waals surface area contributed by atoms with Gasteiger partial charge in [0.25, 0.3) is 0 Å². The molecule has 0 unspecified atom stereocenters. The van der Waals surface area contributed by atoms with Gasteiger partial charge in [0.1, 0.15) is 5.75 Å². The molecule has 0 saturated carbocycles. The van der Waals surface area contributed by atoms with Crippen molar-refractivity contribution in [1.29, 1.82) is 0 Å². The highest BCUT2D eigenvalue weighted by atomic mass is 16.5. The van der Waals surface area contributed by atoms with E-state index in [1.54, 1.807) is 7.11 Å². The van der Waals surface area contributed by atoms with Crippen molar-refractivity contribution in [2.75, 3.05) is 69.3 Å². The summed E-state index contributed by atoms with van der Waals surface area (Å²) in [4.78, 5) is 28.1. The Hall–Kier alpha value is -3.26. The van der Waals surface area contributed by atoms with Gasteiger partial charge in [-0.05, 0) is 62.2 Å². The number of rotatable bonds is 8. The average Bonchev–Trinajstić information content (AvgIpc) is 3.36. The molecule has 5 rings (SSSR count). The number of piperazine rings is 1. The zero-order valence-corrected chi connectivity index (χ0v) is 20.6. The number of imidazole rings is 1. The Morgan fingerprint density at radius 1 is 1.06 bits per heavy atom. The Labute approximate surface area is 207 Å². The van der Waals surface area contributed by atoms with Gasteiger partial charge in [0, 0.05) is 51.5 Å². The normalized spacial score (nSPS) is 19.2. The van der Waals surface area contributed by atoms with Gasteiger partial charge in [0.2, 0.25) is 11.9 Å². The molecule has 2 fully saturated rings. The number of hydrogen-bond donors (Lipinski definition) is 2. The summed E-state index contributed by atoms with van der Waals surface area (Å²) in [7, 11) is 1.70. The Bertz CT molecular complexity index is 1070. The van der Waals surface area contributed by atoms with Crippen molar-refractivity contribution < 1.29 is 9.53 Å². The minimum absolute atomic E-state index is 0.0185. The molecular formula is C27H36N6O2. The summed E-state index contributed by atoms with van der Waals surface area (Å²) >= 11 is 0. The van der Waals surface area contributed by atoms with Crippen LogP contribution >= 0.6 is 0 Å². The highest BCUT2D eigenvalue weighted by Crippen LogP contribution is 2.24. The van der Waals surface area contributed by atoms with Crippen molar-refractivity contribution in [3.63, 3.8) is 0 Å². The van der Waals surface area contributed by atoms with E-state index in [-0.39, 0.29) is 11.8 Å². The molecule has 2 N–H and O–H groups in total. The van der Waals surface area contributed by atoms with E-state index >= 15 is 0 Å². The fourth-order valence-electron chi connectivity index (χ4n) is 5.15. The molecule has 186 valence electrons. The average molecular weight is 477 g/mol. The van der Waals surface area contributed by atoms with Crippen molar-refractivity contribution in [2.45, 2.75) is 19.3 Å². The van der Waals surface area contributed by atoms with Crippen molar-refractivity contribution in [1.82, 2.24) is 20.2 Å². The van der Waals surface area contributed by atoms with Gasteiger partial charge in [0.05, 0.1) is 24.1 Å². The lowest BCUT2D eigenvalue weighted by molar-refractivity contribution is -0.125. The second-order valence-electron chi connectivity index (χ2n) is 9.53. The summed E-state index contributed by atoms with van der Waals surface area (Å²) in [6.07, 6.45) is 2.93. The van der Waals surface area contributed by atoms with Crippen LogP contribution < -0.4 is 19.9 Å². The van der Waals surface area contributed by atoms with E-state index in [1.807, 2.05) is 36.4 Å². The number of para-hydroxylation sites is 2. The Morgan fingerprint density at radius 3 is 2.63 bits per heavy atom. The standard InChI is InChI=1S/C27H36N6O2/c1-35-23-11-9-22(10-12-23)32-18-16-31(17-19-32)14-5-13-28-26(34)21-6-4-15-33(20-21)27-29-24-7-2-3-8-25(24)30-27/h2-3,7-12,21H,4-6,13-20H2,1H3,(H,28,34)(H,29,30)/t21-/m1/s1. The van der Waals surface area contributed by atoms with Crippen LogP contribution in [0.3, 0.4) is 0 Å². The van der Waals surface area contributed by atoms with Gasteiger partial charge in [-0.1, -0.05) is 12.1 Å². The molecule has 2 aliphatic heterocycles. The summed E-state index contributed by atoms with van der Waals surface area (Å²) in [6, 6.07) is 16.4. The molecule has 1 atom stereocenters. The van der Waals surface area contributed by atoms with Crippen molar-refractivity contribution in [3.8, 4) is 5.75 Å². The molecule has 0 radical (unpaired) electrons. The van der Waals surface area contributed by atoms with Gasteiger partial charge in [-0.25, -0.2) is 4.98 Å². The number of ether oxygens (including phenoxy) is 1. The first kappa shape index (κ1) is 23.5. The van der Waals surface area contributed by atoms with Crippen LogP contribution in [0, 0.1) is 5.92 Å². The largest absolute Gasteiger partial charge is 0.497 e. The number of hydrogen-bond acceptors (Lipinski definition) is 6. The summed E-state index contributed by atoms with van der Waals surface area (Å²) in [6.45, 7) is 7.57. The molecule has 0 spiro atoms. The summed E-state index contributed by atoms with van der Waals surface area (Å²) in [5.41, 5.74) is 3.26. The number of aromatic nitrogens is 2. The molecule has 2 aromatic carbocycles. The van der Waals surface area contributed by atoms with Crippen LogP contribution in [0.25, 0.3) is 11.0 Å². The Morgan fingerprint density at radius 2 is 1.86 bits per heavy atom. The molecule has 1 aromatic heterocycles. The number of aromatic amines is 1. The van der Waals surface area contributed by atoms with E-state index in [9.17, 15) is 4.79 Å². The number of piperidine rings is 1. The molecule has 8 nitrogen and oxygen atoms in total. The van der Waals surface area contributed by atoms with E-state index in [0.29, 0.717) is 0 Å². The van der Waals surface area contributed by atoms with Crippen LogP contribution in [-0.4, -0.2) is 80.2 Å². The highest BCUT2D eigenvalue weighted by Gasteiger charge is 2.27. The van der Waals surface area contributed by atoms with Crippen LogP contribution in [0.15, 0.2) is 48.5 Å². The quantitative estimate of drug-likeness (QED) is 0.487. The first-order valence-electron chi connectivity index (χ1n) is 12.8. The molecule has 0 aliphatic carbocycles. The minimum atomic E-state index is 0.0185. The van der Waals surface area contributed by atoms with Crippen molar-refractivity contribution in [2.24, 2.45) is 5.92 Å². The topological polar surface area (TPSA) is 76.7 Å². The molecular weight excluding hydrogens is 440 g/mol. The maximum atomic E-state index is 12.8. The molecule has 3 heterocycles. The number of carbonyl (C=O) groups is 1. The van der Waals surface area contributed by atoms with Gasteiger partial charge < -0.3 is 24.8 Å². The number of anilines is 2. The SMILES string of the molecule is COc1ccc(N2CCN(CCCNC(=O)[C@@H]3CCCN(c4nc5ccccc5[nH]4)C3)CC2)cc1. The second-order valence-corrected chi connectivity index (χ2v) is 9.53. The summed E-state index contributed by atoms with van der Waals surface area (Å²) in [5.74, 6) is 1.96. The fourth-order valence-corrected chi connectivity index (χ4v) is 5.15. The van der Waals surface area contributed by atoms with Crippen molar-refractivity contribution >= 4 is 28.6 Å². The number of amides is 1. The number of fused-ring (bicyclic) bond motifs is 1. The van der Waals surface area contributed by atoms with Crippen LogP contribution in [0.4, 0.5) is 11.6 Å². The zero-order chi connectivity index (χ0) is 24.0. The van der Waals surface area contributed by atoms with Gasteiger partial charge in [-0.15, -0.1) is 0 Å². The maximum Gasteiger partial charge on any atom is 0.224 e. The zero-order valence-electron chi connectivity index (χ0n) is 20.6. The van der Waals surface area contributed by atoms with Crippen LogP contribution in [0.2, 0.25) is 0 Å². The number of nitrogens with zero attached hydrogens (tertiary/aromatic N) is 4. The monoisotopic (exact) mass is 476 g/mol. The molecule has 2 saturated heterocycles. The number of carbonyl (C=O) groups excluding carboxylic acids is 1. The van der Waals surface area contributed by atoms with Gasteiger partial charge >= 0.3 is 0 Å². The van der Waals surface area contributed by atoms with Gasteiger partial charge in [-0.3, -0.25) is 9.69 Å². The summed E-state index contributed by atoms with van der Waals surface area (Å²) in [5, 5.41) is 3.19. The maximum absolute atomic E-state index is 12.8. The third kappa shape index (κ3) is 5.70. The molecule has 2 aliphatic rings. The third-order valence-corrected chi connectivity index (χ3v) is 7.23. The lowest BCUT2D eigenvalue weighted by Gasteiger charge is -2.36. The Kier molecular flexibility index (Phi) is 7.37. The first-order chi connectivity index (χ1) is 17.2. The van der Waals surface area contributed by atoms with Crippen molar-refractivity contribution in [3.05, 3.63) is 48.5 Å². The van der Waals surface area contributed by atoms with Gasteiger partial charge in [0.15, 0.2) is 0 Å². The Balaban J connectivity index is 1.02. The predicted molar refractivity (Wildman–Crippen MR) is 140 cm³/mol. The number of nitrogens with one attached hydrogen (secondary N) is 2. The lowest BCUT2D eigenvalue weighted by atomic mass is 9.97. The number of benzene rings is 2. The van der Waals surface area contributed by atoms with E-state index in [1.165, 1.54) is 5.69 Å². The van der Waals surface area contributed by atoms with E-state index in [4.69, 9.17) is 9.72 Å². The third-order valence-electron chi connectivity index (χ3n) is 7.23. The number of H-pyrrole nitrogens is 1. The second kappa shape index (κ2) is 11.0. The minimum Gasteiger partial charge on any atom is -0.497 e. The van der Waals surface area contributed by atoms with Crippen LogP contribution in [0.1, 0.15) is 19.3 Å². The van der Waals surface area contributed by atoms with E-state index < -0.39 is 0 Å². The molecule has 3 aromatic rings. The fraction of sp³-hybridized carbons (Fsp3) is 0.481. The van der Waals surface area contributed by atoms with Crippen LogP contribution in [0.5, 0.6) is 5.75 Å². The first-order valence-corrected chi connectivity index (χ1v) is 12.8. The highest BCUT2D eigenvalue weighted by molar-refractivity contribution is 5.80. The molecule has 8 heteroatoms. The number of methoxy groups -OCH3 is 1. The molecule has 0 bridgehead atoms. The van der Waals surface area contributed by atoms with E-state index in [2.05, 4.69) is 37.1 Å².